The maximum Gasteiger partial charge on any atom is 0.102 e. The van der Waals surface area contributed by atoms with E-state index in [9.17, 15) is 5.26 Å². The lowest BCUT2D eigenvalue weighted by Crippen LogP contribution is -1.91. The Bertz CT molecular complexity index is 726. The molecule has 0 aliphatic carbocycles. The minimum absolute atomic E-state index is 0.430. The van der Waals surface area contributed by atoms with Crippen LogP contribution in [0.3, 0.4) is 0 Å². The first kappa shape index (κ1) is 14.2. The van der Waals surface area contributed by atoms with Crippen LogP contribution in [0.15, 0.2) is 40.1 Å². The fourth-order valence-electron chi connectivity index (χ4n) is 2.26. The number of hydrogen-bond donors (Lipinski definition) is 0. The third-order valence-corrected chi connectivity index (χ3v) is 4.48. The van der Waals surface area contributed by atoms with E-state index in [2.05, 4.69) is 45.0 Å². The Morgan fingerprint density at radius 3 is 2.15 bits per heavy atom. The summed E-state index contributed by atoms with van der Waals surface area (Å²) in [6.07, 6.45) is 0. The maximum absolute atomic E-state index is 9.28. The number of nitriles is 2. The average molecular weight is 278 g/mol. The molecule has 0 aliphatic rings. The first-order chi connectivity index (χ1) is 9.56. The minimum atomic E-state index is 0.430. The van der Waals surface area contributed by atoms with Crippen LogP contribution in [0.4, 0.5) is 0 Å². The lowest BCUT2D eigenvalue weighted by Gasteiger charge is -2.12. The number of hydrogen-bond acceptors (Lipinski definition) is 3. The van der Waals surface area contributed by atoms with Crippen molar-refractivity contribution in [3.05, 3.63) is 58.1 Å². The van der Waals surface area contributed by atoms with Crippen LogP contribution in [0.2, 0.25) is 0 Å². The van der Waals surface area contributed by atoms with Gasteiger partial charge in [0.15, 0.2) is 0 Å². The Morgan fingerprint density at radius 1 is 0.950 bits per heavy atom. The van der Waals surface area contributed by atoms with Crippen molar-refractivity contribution in [2.24, 2.45) is 0 Å². The van der Waals surface area contributed by atoms with Crippen LogP contribution >= 0.6 is 11.8 Å². The van der Waals surface area contributed by atoms with Gasteiger partial charge in [-0.2, -0.15) is 10.5 Å². The molecule has 0 atom stereocenters. The highest BCUT2D eigenvalue weighted by Gasteiger charge is 2.12. The van der Waals surface area contributed by atoms with E-state index < -0.39 is 0 Å². The van der Waals surface area contributed by atoms with Crippen molar-refractivity contribution in [3.8, 4) is 12.1 Å². The summed E-state index contributed by atoms with van der Waals surface area (Å²) in [5, 5.41) is 18.4. The predicted molar refractivity (Wildman–Crippen MR) is 80.6 cm³/mol. The lowest BCUT2D eigenvalue weighted by molar-refractivity contribution is 1.18. The molecular formula is C17H14N2S. The highest BCUT2D eigenvalue weighted by molar-refractivity contribution is 7.99. The Hall–Kier alpha value is -2.23. The van der Waals surface area contributed by atoms with Gasteiger partial charge in [0.2, 0.25) is 0 Å². The van der Waals surface area contributed by atoms with Gasteiger partial charge in [0.25, 0.3) is 0 Å². The van der Waals surface area contributed by atoms with E-state index in [-0.39, 0.29) is 0 Å². The molecular weight excluding hydrogens is 264 g/mol. The van der Waals surface area contributed by atoms with E-state index in [1.807, 2.05) is 12.1 Å². The van der Waals surface area contributed by atoms with E-state index >= 15 is 0 Å². The fourth-order valence-corrected chi connectivity index (χ4v) is 3.33. The molecule has 0 amide bonds. The second kappa shape index (κ2) is 5.82. The monoisotopic (exact) mass is 278 g/mol. The van der Waals surface area contributed by atoms with Crippen LogP contribution in [0.25, 0.3) is 0 Å². The highest BCUT2D eigenvalue weighted by atomic mass is 32.2. The topological polar surface area (TPSA) is 47.6 Å². The zero-order valence-corrected chi connectivity index (χ0v) is 12.5. The van der Waals surface area contributed by atoms with Gasteiger partial charge in [-0.05, 0) is 44.0 Å². The Kier molecular flexibility index (Phi) is 4.13. The molecule has 0 saturated carbocycles. The summed E-state index contributed by atoms with van der Waals surface area (Å²) in [4.78, 5) is 1.99. The van der Waals surface area contributed by atoms with E-state index in [1.54, 1.807) is 17.8 Å². The first-order valence-corrected chi connectivity index (χ1v) is 7.07. The summed E-state index contributed by atoms with van der Waals surface area (Å²) in [5.41, 5.74) is 4.51. The second-order valence-corrected chi connectivity index (χ2v) is 5.78. The van der Waals surface area contributed by atoms with Gasteiger partial charge < -0.3 is 0 Å². The molecule has 0 unspecified atom stereocenters. The largest absolute Gasteiger partial charge is 0.192 e. The zero-order chi connectivity index (χ0) is 14.7. The van der Waals surface area contributed by atoms with Gasteiger partial charge in [-0.25, -0.2) is 0 Å². The third-order valence-electron chi connectivity index (χ3n) is 3.08. The van der Waals surface area contributed by atoms with Gasteiger partial charge in [0.1, 0.15) is 12.1 Å². The van der Waals surface area contributed by atoms with E-state index in [0.717, 1.165) is 9.79 Å². The summed E-state index contributed by atoms with van der Waals surface area (Å²) in [5.74, 6) is 0. The average Bonchev–Trinajstić information content (AvgIpc) is 2.42. The van der Waals surface area contributed by atoms with Crippen LogP contribution in [0.1, 0.15) is 27.8 Å². The zero-order valence-electron chi connectivity index (χ0n) is 11.7. The number of nitrogens with zero attached hydrogens (tertiary/aromatic N) is 2. The van der Waals surface area contributed by atoms with E-state index in [0.29, 0.717) is 11.1 Å². The summed E-state index contributed by atoms with van der Waals surface area (Å²) in [6, 6.07) is 13.9. The standard InChI is InChI=1S/C17H14N2S/c1-11-7-12(2)17(13(3)8-11)20-16-6-4-5-14(9-18)15(16)10-19/h4-8H,1-3H3. The molecule has 0 spiro atoms. The Morgan fingerprint density at radius 2 is 1.60 bits per heavy atom. The fraction of sp³-hybridized carbons (Fsp3) is 0.176. The van der Waals surface area contributed by atoms with Gasteiger partial charge in [-0.15, -0.1) is 0 Å². The maximum atomic E-state index is 9.28. The number of rotatable bonds is 2. The van der Waals surface area contributed by atoms with Crippen molar-refractivity contribution in [2.45, 2.75) is 30.6 Å². The highest BCUT2D eigenvalue weighted by Crippen LogP contribution is 2.36. The third kappa shape index (κ3) is 2.69. The summed E-state index contributed by atoms with van der Waals surface area (Å²) in [7, 11) is 0. The molecule has 2 aromatic carbocycles. The molecule has 0 fully saturated rings. The molecule has 2 nitrogen and oxygen atoms in total. The summed E-state index contributed by atoms with van der Waals surface area (Å²) < 4.78 is 0. The molecule has 2 aromatic rings. The smallest absolute Gasteiger partial charge is 0.102 e. The van der Waals surface area contributed by atoms with Crippen molar-refractivity contribution in [1.82, 2.24) is 0 Å². The second-order valence-electron chi connectivity index (χ2n) is 4.73. The van der Waals surface area contributed by atoms with Gasteiger partial charge in [-0.1, -0.05) is 35.5 Å². The van der Waals surface area contributed by atoms with Crippen LogP contribution < -0.4 is 0 Å². The van der Waals surface area contributed by atoms with Crippen molar-refractivity contribution in [1.29, 1.82) is 10.5 Å². The van der Waals surface area contributed by atoms with Crippen LogP contribution in [0.5, 0.6) is 0 Å². The van der Waals surface area contributed by atoms with Crippen LogP contribution in [-0.4, -0.2) is 0 Å². The first-order valence-electron chi connectivity index (χ1n) is 6.25. The molecule has 0 saturated heterocycles. The van der Waals surface area contributed by atoms with Crippen molar-refractivity contribution in [3.63, 3.8) is 0 Å². The lowest BCUT2D eigenvalue weighted by atomic mass is 10.1. The molecule has 0 aliphatic heterocycles. The molecule has 0 N–H and O–H groups in total. The normalized spacial score (nSPS) is 9.85. The van der Waals surface area contributed by atoms with Gasteiger partial charge >= 0.3 is 0 Å². The Balaban J connectivity index is 2.52. The molecule has 98 valence electrons. The molecule has 3 heteroatoms. The Labute approximate surface area is 123 Å². The SMILES string of the molecule is Cc1cc(C)c(Sc2cccc(C#N)c2C#N)c(C)c1. The van der Waals surface area contributed by atoms with E-state index in [4.69, 9.17) is 5.26 Å². The quantitative estimate of drug-likeness (QED) is 0.812. The number of aryl methyl sites for hydroxylation is 3. The molecule has 0 aromatic heterocycles. The minimum Gasteiger partial charge on any atom is -0.192 e. The van der Waals surface area contributed by atoms with Crippen molar-refractivity contribution >= 4 is 11.8 Å². The van der Waals surface area contributed by atoms with Crippen molar-refractivity contribution in [2.75, 3.05) is 0 Å². The van der Waals surface area contributed by atoms with Gasteiger partial charge in [0.05, 0.1) is 11.1 Å². The molecule has 0 bridgehead atoms. The molecule has 0 radical (unpaired) electrons. The van der Waals surface area contributed by atoms with Gasteiger partial charge in [0, 0.05) is 9.79 Å². The molecule has 2 rings (SSSR count). The summed E-state index contributed by atoms with van der Waals surface area (Å²) >= 11 is 1.56. The van der Waals surface area contributed by atoms with Crippen molar-refractivity contribution < 1.29 is 0 Å². The van der Waals surface area contributed by atoms with Crippen LogP contribution in [-0.2, 0) is 0 Å². The van der Waals surface area contributed by atoms with E-state index in [1.165, 1.54) is 16.7 Å². The molecule has 0 heterocycles. The summed E-state index contributed by atoms with van der Waals surface area (Å²) in [6.45, 7) is 6.22. The van der Waals surface area contributed by atoms with Gasteiger partial charge in [-0.3, -0.25) is 0 Å². The van der Waals surface area contributed by atoms with Crippen LogP contribution in [0, 0.1) is 43.4 Å². The number of benzene rings is 2. The predicted octanol–water partition coefficient (Wildman–Crippen LogP) is 4.51. The molecule has 20 heavy (non-hydrogen) atoms.